The molecule has 16 rings (SSSR count). The van der Waals surface area contributed by atoms with Gasteiger partial charge in [-0.2, -0.15) is 0 Å². The molecule has 0 N–H and O–H groups in total. The second-order valence-corrected chi connectivity index (χ2v) is 27.3. The molecule has 0 fully saturated rings. The molecule has 25 nitrogen and oxygen atoms in total. The number of cyclic esters (lactones) is 5. The predicted molar refractivity (Wildman–Crippen MR) is 425 cm³/mol. The highest BCUT2D eigenvalue weighted by Crippen LogP contribution is 2.42. The van der Waals surface area contributed by atoms with Crippen molar-refractivity contribution in [2.24, 2.45) is 0 Å². The van der Waals surface area contributed by atoms with Crippen LogP contribution in [0.15, 0.2) is 223 Å². The highest BCUT2D eigenvalue weighted by atomic mass is 16.7. The number of fused-ring (bicyclic) bond motifs is 4. The van der Waals surface area contributed by atoms with Crippen molar-refractivity contribution in [3.05, 3.63) is 267 Å². The second kappa shape index (κ2) is 42.2. The second-order valence-electron chi connectivity index (χ2n) is 27.3. The van der Waals surface area contributed by atoms with E-state index in [1.54, 1.807) is 49.8 Å². The maximum Gasteiger partial charge on any atom is 0.334 e. The van der Waals surface area contributed by atoms with Gasteiger partial charge in [-0.1, -0.05) is 103 Å². The minimum Gasteiger partial charge on any atom is -0.501 e. The lowest BCUT2D eigenvalue weighted by molar-refractivity contribution is -0.146. The molecule has 25 heteroatoms. The van der Waals surface area contributed by atoms with Crippen molar-refractivity contribution in [2.75, 3.05) is 70.1 Å². The minimum absolute atomic E-state index is 0.0407. The third-order valence-corrected chi connectivity index (χ3v) is 19.2. The summed E-state index contributed by atoms with van der Waals surface area (Å²) in [5.41, 5.74) is 8.07. The monoisotopic (exact) mass is 1590 g/mol. The average molecular weight is 1590 g/mol. The topological polar surface area (TPSA) is 278 Å². The molecule has 0 aromatic heterocycles. The quantitative estimate of drug-likeness (QED) is 0.0477. The molecule has 116 heavy (non-hydrogen) atoms. The van der Waals surface area contributed by atoms with Gasteiger partial charge in [0, 0.05) is 32.1 Å². The molecule has 0 radical (unpaired) electrons. The van der Waals surface area contributed by atoms with Gasteiger partial charge in [0.2, 0.25) is 20.4 Å². The van der Waals surface area contributed by atoms with E-state index in [2.05, 4.69) is 12.1 Å². The molecule has 7 aromatic rings. The molecule has 9 aliphatic rings. The van der Waals surface area contributed by atoms with Crippen molar-refractivity contribution in [3.8, 4) is 51.7 Å². The lowest BCUT2D eigenvalue weighted by atomic mass is 9.94. The maximum absolute atomic E-state index is 12.5. The van der Waals surface area contributed by atoms with Crippen LogP contribution in [0.1, 0.15) is 113 Å². The van der Waals surface area contributed by atoms with Gasteiger partial charge < -0.3 is 90.0 Å². The Morgan fingerprint density at radius 2 is 0.750 bits per heavy atom. The van der Waals surface area contributed by atoms with Gasteiger partial charge in [0.05, 0.1) is 86.6 Å². The number of Topliss-reactive ketones (excluding diaryl/α,β-unsaturated/α-hetero) is 1. The zero-order valence-electron chi connectivity index (χ0n) is 65.9. The molecule has 608 valence electrons. The van der Waals surface area contributed by atoms with Crippen LogP contribution < -0.4 is 42.6 Å². The van der Waals surface area contributed by atoms with Gasteiger partial charge in [-0.3, -0.25) is 4.79 Å². The number of rotatable bonds is 21. The van der Waals surface area contributed by atoms with Crippen molar-refractivity contribution in [1.82, 2.24) is 0 Å². The third kappa shape index (κ3) is 25.0. The van der Waals surface area contributed by atoms with Crippen LogP contribution in [0.3, 0.4) is 0 Å². The average Bonchev–Trinajstić information content (AvgIpc) is 1.35. The number of hydrogen-bond acceptors (Lipinski definition) is 25. The zero-order chi connectivity index (χ0) is 81.7. The van der Waals surface area contributed by atoms with Gasteiger partial charge in [0.1, 0.15) is 88.2 Å². The molecule has 9 heterocycles. The highest BCUT2D eigenvalue weighted by Gasteiger charge is 2.32. The van der Waals surface area contributed by atoms with Crippen LogP contribution in [0.5, 0.6) is 51.7 Å². The summed E-state index contributed by atoms with van der Waals surface area (Å²) < 4.78 is 100. The Balaban J connectivity index is 0.000000137. The van der Waals surface area contributed by atoms with E-state index < -0.39 is 0 Å². The van der Waals surface area contributed by atoms with Crippen LogP contribution in [-0.2, 0) is 90.6 Å². The molecule has 0 bridgehead atoms. The van der Waals surface area contributed by atoms with Gasteiger partial charge in [-0.15, -0.1) is 0 Å². The van der Waals surface area contributed by atoms with Gasteiger partial charge in [0.15, 0.2) is 40.3 Å². The van der Waals surface area contributed by atoms with E-state index in [0.29, 0.717) is 84.4 Å². The summed E-state index contributed by atoms with van der Waals surface area (Å²) in [7, 11) is 11.0. The standard InChI is InChI=1S/C18H18O4.2C15H16O5.C15H14O5.C14H16O3.C14H14O3/c1-11-8-16(21-3)18-14(19)10-15(22-17(18)9-11)12-4-6-13(20-2)7-5-12;3*1-17-12-7-11(20-15(16)8-12)4-2-10-3-5-13-14(6-10)19-9-18-13;2*1-16-13-9-12(17-14(15)10-13)8-7-11-5-3-2-4-6-11/h4-9,15H,10H2,1-3H3;2*3,5-6,8,11H,2,4,7,9H2,1H3;2-6,8,11H,7,9H2,1H3;2-6,10,12H,7-9H2,1H3;2-8,10,12H,9H2,1H3/b;;;4-2+;;8-7+/t15-;3*11-;2*12-/m010000/s1. The van der Waals surface area contributed by atoms with Crippen molar-refractivity contribution in [1.29, 1.82) is 0 Å². The molecule has 0 spiro atoms. The fraction of sp³-hybridized carbons (Fsp3) is 0.319. The van der Waals surface area contributed by atoms with E-state index >= 15 is 0 Å². The largest absolute Gasteiger partial charge is 0.501 e. The van der Waals surface area contributed by atoms with E-state index in [9.17, 15) is 28.8 Å². The highest BCUT2D eigenvalue weighted by molar-refractivity contribution is 6.02. The number of carbonyl (C=O) groups is 6. The van der Waals surface area contributed by atoms with Crippen LogP contribution in [0.2, 0.25) is 0 Å². The number of benzene rings is 7. The van der Waals surface area contributed by atoms with E-state index in [-0.39, 0.29) is 92.6 Å². The molecule has 0 aliphatic carbocycles. The first-order valence-corrected chi connectivity index (χ1v) is 37.8. The predicted octanol–water partition coefficient (Wildman–Crippen LogP) is 15.4. The number of ketones is 1. The van der Waals surface area contributed by atoms with Crippen LogP contribution >= 0.6 is 0 Å². The van der Waals surface area contributed by atoms with Gasteiger partial charge in [-0.05, 0) is 157 Å². The number of esters is 5. The van der Waals surface area contributed by atoms with Crippen LogP contribution in [-0.4, -0.2) is 136 Å². The van der Waals surface area contributed by atoms with Gasteiger partial charge >= 0.3 is 29.8 Å². The van der Waals surface area contributed by atoms with E-state index in [1.165, 1.54) is 35.9 Å². The molecule has 6 atom stereocenters. The number of methoxy groups -OCH3 is 7. The van der Waals surface area contributed by atoms with Crippen molar-refractivity contribution in [2.45, 2.75) is 121 Å². The molecule has 0 saturated heterocycles. The summed E-state index contributed by atoms with van der Waals surface area (Å²) in [5.74, 6) is 8.23. The van der Waals surface area contributed by atoms with Crippen molar-refractivity contribution < 1.29 is 119 Å². The van der Waals surface area contributed by atoms with E-state index in [1.807, 2.05) is 171 Å². The third-order valence-electron chi connectivity index (χ3n) is 19.2. The molecule has 7 aromatic carbocycles. The Kier molecular flexibility index (Phi) is 30.5. The van der Waals surface area contributed by atoms with Crippen molar-refractivity contribution in [3.63, 3.8) is 0 Å². The molecule has 9 aliphatic heterocycles. The molecule has 0 amide bonds. The molecular formula is C91H94O25. The fourth-order valence-corrected chi connectivity index (χ4v) is 13.2. The van der Waals surface area contributed by atoms with Gasteiger partial charge in [-0.25, -0.2) is 24.0 Å². The number of hydrogen-bond donors (Lipinski definition) is 0. The summed E-state index contributed by atoms with van der Waals surface area (Å²) in [5, 5.41) is 0. The van der Waals surface area contributed by atoms with Crippen LogP contribution in [0.4, 0.5) is 0 Å². The number of aryl methyl sites for hydroxylation is 4. The maximum atomic E-state index is 12.5. The number of carbonyl (C=O) groups excluding carboxylic acids is 6. The fourth-order valence-electron chi connectivity index (χ4n) is 13.2. The first kappa shape index (κ1) is 83.9. The van der Waals surface area contributed by atoms with E-state index in [0.717, 1.165) is 112 Å². The molecule has 0 saturated carbocycles. The summed E-state index contributed by atoms with van der Waals surface area (Å²) in [6.07, 6.45) is 21.6. The molecular weight excluding hydrogens is 1490 g/mol. The SMILES string of the molecule is COC1=CC(=O)O[C@@H](/C=C/c2ccc3c(c2)OCO3)C1.COC1=CC(=O)O[C@@H](/C=C/c2ccccc2)C1.COC1=CC(=O)O[C@@H](CCc2ccc3c(c2)OCO3)C1.COC1=CC(=O)O[C@@H](CCc2ccccc2)C1.COC1=CC(=O)O[C@H](CCc2ccc3c(c2)OCO3)C1.COc1ccc([C@@H]2CC(=O)c3c(OC)cc(C)cc3O2)cc1. The van der Waals surface area contributed by atoms with Gasteiger partial charge in [0.25, 0.3) is 0 Å². The summed E-state index contributed by atoms with van der Waals surface area (Å²) in [4.78, 5) is 69.2. The lowest BCUT2D eigenvalue weighted by Crippen LogP contribution is -2.23. The Bertz CT molecular complexity index is 4680. The Morgan fingerprint density at radius 3 is 1.20 bits per heavy atom. The smallest absolute Gasteiger partial charge is 0.334 e. The Hall–Kier alpha value is -13.1. The zero-order valence-corrected chi connectivity index (χ0v) is 65.9. The van der Waals surface area contributed by atoms with Crippen LogP contribution in [0, 0.1) is 6.92 Å². The Labute approximate surface area is 673 Å². The van der Waals surface area contributed by atoms with Crippen molar-refractivity contribution >= 4 is 47.8 Å². The minimum atomic E-state index is -0.381. The normalized spacial score (nSPS) is 19.5. The summed E-state index contributed by atoms with van der Waals surface area (Å²) >= 11 is 0. The lowest BCUT2D eigenvalue weighted by Gasteiger charge is -2.27. The first-order valence-electron chi connectivity index (χ1n) is 37.8. The Morgan fingerprint density at radius 1 is 0.345 bits per heavy atom. The number of ether oxygens (including phenoxy) is 19. The molecule has 0 unspecified atom stereocenters. The summed E-state index contributed by atoms with van der Waals surface area (Å²) in [6, 6.07) is 48.8. The summed E-state index contributed by atoms with van der Waals surface area (Å²) in [6.45, 7) is 2.76. The van der Waals surface area contributed by atoms with Crippen LogP contribution in [0.25, 0.3) is 12.2 Å². The van der Waals surface area contributed by atoms with E-state index in [4.69, 9.17) is 90.0 Å². The first-order chi connectivity index (χ1) is 56.4.